The van der Waals surface area contributed by atoms with Gasteiger partial charge in [0.25, 0.3) is 0 Å². The lowest BCUT2D eigenvalue weighted by atomic mass is 10.1. The summed E-state index contributed by atoms with van der Waals surface area (Å²) in [4.78, 5) is 4.44. The molecule has 0 amide bonds. The van der Waals surface area contributed by atoms with E-state index in [4.69, 9.17) is 10.5 Å². The lowest BCUT2D eigenvalue weighted by molar-refractivity contribution is 0.406. The number of pyridine rings is 1. The molecule has 0 aromatic carbocycles. The summed E-state index contributed by atoms with van der Waals surface area (Å²) in [6, 6.07) is 0. The molecule has 2 rings (SSSR count). The van der Waals surface area contributed by atoms with Crippen LogP contribution in [0.1, 0.15) is 22.4 Å². The molecule has 0 bridgehead atoms. The van der Waals surface area contributed by atoms with Crippen molar-refractivity contribution in [3.8, 4) is 5.75 Å². The average molecular weight is 246 g/mol. The van der Waals surface area contributed by atoms with Crippen molar-refractivity contribution in [2.45, 2.75) is 26.9 Å². The fraction of sp³-hybridized carbons (Fsp3) is 0.385. The first-order chi connectivity index (χ1) is 8.65. The Bertz CT molecular complexity index is 548. The van der Waals surface area contributed by atoms with E-state index in [0.29, 0.717) is 13.1 Å². The van der Waals surface area contributed by atoms with Gasteiger partial charge in [0.1, 0.15) is 5.75 Å². The van der Waals surface area contributed by atoms with Gasteiger partial charge in [-0.2, -0.15) is 5.10 Å². The lowest BCUT2D eigenvalue weighted by Crippen LogP contribution is -2.06. The number of aryl methyl sites for hydroxylation is 1. The van der Waals surface area contributed by atoms with Crippen molar-refractivity contribution in [3.63, 3.8) is 0 Å². The average Bonchev–Trinajstić information content (AvgIpc) is 2.81. The zero-order valence-electron chi connectivity index (χ0n) is 11.0. The summed E-state index contributed by atoms with van der Waals surface area (Å²) in [5, 5.41) is 4.26. The summed E-state index contributed by atoms with van der Waals surface area (Å²) >= 11 is 0. The summed E-state index contributed by atoms with van der Waals surface area (Å²) < 4.78 is 7.23. The van der Waals surface area contributed by atoms with E-state index in [0.717, 1.165) is 28.1 Å². The summed E-state index contributed by atoms with van der Waals surface area (Å²) in [6.07, 6.45) is 5.54. The fourth-order valence-corrected chi connectivity index (χ4v) is 1.98. The van der Waals surface area contributed by atoms with E-state index in [2.05, 4.69) is 10.1 Å². The summed E-state index contributed by atoms with van der Waals surface area (Å²) in [5.74, 6) is 0.895. The van der Waals surface area contributed by atoms with Crippen LogP contribution in [0.3, 0.4) is 0 Å². The van der Waals surface area contributed by atoms with Crippen molar-refractivity contribution in [2.75, 3.05) is 7.11 Å². The normalized spacial score (nSPS) is 10.7. The van der Waals surface area contributed by atoms with Crippen LogP contribution in [0.4, 0.5) is 0 Å². The van der Waals surface area contributed by atoms with Crippen LogP contribution in [-0.2, 0) is 13.1 Å². The maximum absolute atomic E-state index is 5.56. The van der Waals surface area contributed by atoms with E-state index in [1.54, 1.807) is 13.3 Å². The van der Waals surface area contributed by atoms with Gasteiger partial charge in [0, 0.05) is 35.6 Å². The predicted octanol–water partition coefficient (Wildman–Crippen LogP) is 1.41. The molecule has 2 aromatic rings. The smallest absolute Gasteiger partial charge is 0.128 e. The molecular formula is C13H18N4O. The minimum absolute atomic E-state index is 0.504. The van der Waals surface area contributed by atoms with Crippen LogP contribution < -0.4 is 10.5 Å². The van der Waals surface area contributed by atoms with E-state index in [1.807, 2.05) is 30.9 Å². The van der Waals surface area contributed by atoms with Crippen LogP contribution in [0.2, 0.25) is 0 Å². The molecule has 5 heteroatoms. The highest BCUT2D eigenvalue weighted by atomic mass is 16.5. The summed E-state index contributed by atoms with van der Waals surface area (Å²) in [6.45, 7) is 5.14. The van der Waals surface area contributed by atoms with Gasteiger partial charge in [-0.3, -0.25) is 9.67 Å². The highest BCUT2D eigenvalue weighted by Crippen LogP contribution is 2.24. The molecule has 0 aliphatic rings. The molecular weight excluding hydrogens is 228 g/mol. The molecule has 96 valence electrons. The third kappa shape index (κ3) is 2.36. The van der Waals surface area contributed by atoms with E-state index < -0.39 is 0 Å². The van der Waals surface area contributed by atoms with E-state index in [1.165, 1.54) is 0 Å². The lowest BCUT2D eigenvalue weighted by Gasteiger charge is -2.12. The Balaban J connectivity index is 2.29. The number of aromatic nitrogens is 3. The predicted molar refractivity (Wildman–Crippen MR) is 69.5 cm³/mol. The molecule has 0 unspecified atom stereocenters. The number of hydrogen-bond acceptors (Lipinski definition) is 4. The van der Waals surface area contributed by atoms with E-state index in [-0.39, 0.29) is 0 Å². The van der Waals surface area contributed by atoms with Crippen molar-refractivity contribution < 1.29 is 4.74 Å². The molecule has 0 radical (unpaired) electrons. The van der Waals surface area contributed by atoms with Crippen LogP contribution in [0, 0.1) is 13.8 Å². The number of rotatable bonds is 4. The number of nitrogens with two attached hydrogens (primary N) is 1. The third-order valence-electron chi connectivity index (χ3n) is 2.98. The molecule has 0 atom stereocenters. The fourth-order valence-electron chi connectivity index (χ4n) is 1.98. The summed E-state index contributed by atoms with van der Waals surface area (Å²) in [5.41, 5.74) is 9.65. The maximum atomic E-state index is 5.56. The third-order valence-corrected chi connectivity index (χ3v) is 2.98. The molecule has 0 spiro atoms. The molecule has 18 heavy (non-hydrogen) atoms. The Morgan fingerprint density at radius 2 is 2.11 bits per heavy atom. The Labute approximate surface area is 107 Å². The Hall–Kier alpha value is -1.88. The molecule has 0 fully saturated rings. The molecule has 0 saturated heterocycles. The molecule has 5 nitrogen and oxygen atoms in total. The Morgan fingerprint density at radius 3 is 2.72 bits per heavy atom. The second kappa shape index (κ2) is 5.18. The van der Waals surface area contributed by atoms with Gasteiger partial charge in [0.15, 0.2) is 0 Å². The van der Waals surface area contributed by atoms with Crippen molar-refractivity contribution in [1.29, 1.82) is 0 Å². The molecule has 2 aromatic heterocycles. The molecule has 2 heterocycles. The van der Waals surface area contributed by atoms with Crippen LogP contribution >= 0.6 is 0 Å². The monoisotopic (exact) mass is 246 g/mol. The highest BCUT2D eigenvalue weighted by molar-refractivity contribution is 5.41. The first-order valence-electron chi connectivity index (χ1n) is 5.86. The van der Waals surface area contributed by atoms with E-state index in [9.17, 15) is 0 Å². The van der Waals surface area contributed by atoms with Gasteiger partial charge < -0.3 is 10.5 Å². The number of hydrogen-bond donors (Lipinski definition) is 1. The van der Waals surface area contributed by atoms with Crippen molar-refractivity contribution >= 4 is 0 Å². The largest absolute Gasteiger partial charge is 0.496 e. The quantitative estimate of drug-likeness (QED) is 0.885. The van der Waals surface area contributed by atoms with Crippen molar-refractivity contribution in [3.05, 3.63) is 41.0 Å². The van der Waals surface area contributed by atoms with Crippen LogP contribution in [0.15, 0.2) is 18.6 Å². The van der Waals surface area contributed by atoms with Crippen molar-refractivity contribution in [1.82, 2.24) is 14.8 Å². The highest BCUT2D eigenvalue weighted by Gasteiger charge is 2.10. The molecule has 0 aliphatic carbocycles. The van der Waals surface area contributed by atoms with Gasteiger partial charge in [-0.05, 0) is 13.8 Å². The number of methoxy groups -OCH3 is 1. The second-order valence-corrected chi connectivity index (χ2v) is 4.30. The minimum Gasteiger partial charge on any atom is -0.496 e. The van der Waals surface area contributed by atoms with Gasteiger partial charge in [0.05, 0.1) is 25.5 Å². The summed E-state index contributed by atoms with van der Waals surface area (Å²) in [7, 11) is 1.68. The van der Waals surface area contributed by atoms with Gasteiger partial charge in [-0.1, -0.05) is 0 Å². The van der Waals surface area contributed by atoms with Crippen LogP contribution in [0.5, 0.6) is 5.75 Å². The minimum atomic E-state index is 0.504. The zero-order chi connectivity index (χ0) is 13.1. The SMILES string of the molecule is COc1c(C)cnc(Cn2cc(CN)cn2)c1C. The standard InChI is InChI=1S/C13H18N4O/c1-9-5-15-12(10(2)13(9)18-3)8-17-7-11(4-14)6-16-17/h5-7H,4,8,14H2,1-3H3. The van der Waals surface area contributed by atoms with Crippen LogP contribution in [-0.4, -0.2) is 21.9 Å². The first-order valence-corrected chi connectivity index (χ1v) is 5.86. The van der Waals surface area contributed by atoms with Gasteiger partial charge in [-0.15, -0.1) is 0 Å². The number of nitrogens with zero attached hydrogens (tertiary/aromatic N) is 3. The molecule has 2 N–H and O–H groups in total. The number of ether oxygens (including phenoxy) is 1. The van der Waals surface area contributed by atoms with Gasteiger partial charge in [-0.25, -0.2) is 0 Å². The van der Waals surface area contributed by atoms with Gasteiger partial charge >= 0.3 is 0 Å². The Morgan fingerprint density at radius 1 is 1.33 bits per heavy atom. The van der Waals surface area contributed by atoms with E-state index >= 15 is 0 Å². The Kier molecular flexibility index (Phi) is 3.62. The zero-order valence-corrected chi connectivity index (χ0v) is 11.0. The maximum Gasteiger partial charge on any atom is 0.128 e. The van der Waals surface area contributed by atoms with Crippen molar-refractivity contribution in [2.24, 2.45) is 5.73 Å². The topological polar surface area (TPSA) is 66.0 Å². The van der Waals surface area contributed by atoms with Gasteiger partial charge in [0.2, 0.25) is 0 Å². The second-order valence-electron chi connectivity index (χ2n) is 4.30. The van der Waals surface area contributed by atoms with Crippen LogP contribution in [0.25, 0.3) is 0 Å². The first kappa shape index (κ1) is 12.6. The molecule has 0 aliphatic heterocycles. The molecule has 0 saturated carbocycles.